The third kappa shape index (κ3) is 2.11. The molecule has 1 aliphatic rings. The first kappa shape index (κ1) is 8.30. The molecule has 1 fully saturated rings. The van der Waals surface area contributed by atoms with Crippen LogP contribution in [0.1, 0.15) is 19.8 Å². The Bertz CT molecular complexity index is 138. The number of likely N-dealkylation sites (tertiary alicyclic amines) is 1. The summed E-state index contributed by atoms with van der Waals surface area (Å²) in [6, 6.07) is 0. The van der Waals surface area contributed by atoms with Crippen LogP contribution in [-0.4, -0.2) is 27.8 Å². The first-order valence-corrected chi connectivity index (χ1v) is 4.84. The van der Waals surface area contributed by atoms with E-state index in [1.165, 1.54) is 12.8 Å². The summed E-state index contributed by atoms with van der Waals surface area (Å²) in [5, 5.41) is 0. The van der Waals surface area contributed by atoms with Gasteiger partial charge in [0, 0.05) is 23.9 Å². The zero-order chi connectivity index (χ0) is 7.56. The molecule has 1 aliphatic heterocycles. The maximum Gasteiger partial charge on any atom is 0.219 e. The zero-order valence-electron chi connectivity index (χ0n) is 6.14. The van der Waals surface area contributed by atoms with Gasteiger partial charge < -0.3 is 4.90 Å². The maximum atomic E-state index is 10.9. The topological polar surface area (TPSA) is 20.3 Å². The van der Waals surface area contributed by atoms with Crippen molar-refractivity contribution in [3.63, 3.8) is 0 Å². The molecule has 0 spiro atoms. The molecule has 0 unspecified atom stereocenters. The summed E-state index contributed by atoms with van der Waals surface area (Å²) in [6.07, 6.45) is 2.44. The lowest BCUT2D eigenvalue weighted by Gasteiger charge is -2.28. The van der Waals surface area contributed by atoms with Gasteiger partial charge >= 0.3 is 0 Å². The Morgan fingerprint density at radius 1 is 1.70 bits per heavy atom. The van der Waals surface area contributed by atoms with Crippen LogP contribution in [0.15, 0.2) is 0 Å². The van der Waals surface area contributed by atoms with Gasteiger partial charge in [0.2, 0.25) is 5.91 Å². The standard InChI is InChI=1S/C7H12INO/c1-6(10)9-4-2-3-7(8)5-9/h7H,2-5H2,1H3/t7-/m0/s1. The molecule has 0 aromatic heterocycles. The van der Waals surface area contributed by atoms with Gasteiger partial charge in [0.1, 0.15) is 0 Å². The summed E-state index contributed by atoms with van der Waals surface area (Å²) in [4.78, 5) is 12.8. The fourth-order valence-corrected chi connectivity index (χ4v) is 2.13. The second kappa shape index (κ2) is 3.55. The Hall–Kier alpha value is 0.200. The van der Waals surface area contributed by atoms with E-state index in [-0.39, 0.29) is 5.91 Å². The van der Waals surface area contributed by atoms with Crippen molar-refractivity contribution in [1.82, 2.24) is 4.90 Å². The fraction of sp³-hybridized carbons (Fsp3) is 0.857. The molecule has 1 atom stereocenters. The van der Waals surface area contributed by atoms with Gasteiger partial charge in [-0.1, -0.05) is 22.6 Å². The van der Waals surface area contributed by atoms with Gasteiger partial charge in [-0.05, 0) is 12.8 Å². The van der Waals surface area contributed by atoms with E-state index in [0.717, 1.165) is 13.1 Å². The normalized spacial score (nSPS) is 26.6. The first-order valence-electron chi connectivity index (χ1n) is 3.59. The van der Waals surface area contributed by atoms with Crippen LogP contribution >= 0.6 is 22.6 Å². The van der Waals surface area contributed by atoms with Gasteiger partial charge in [-0.3, -0.25) is 4.79 Å². The van der Waals surface area contributed by atoms with Crippen molar-refractivity contribution in [1.29, 1.82) is 0 Å². The molecule has 1 saturated heterocycles. The second-order valence-electron chi connectivity index (χ2n) is 2.70. The van der Waals surface area contributed by atoms with Gasteiger partial charge in [0.15, 0.2) is 0 Å². The molecule has 2 nitrogen and oxygen atoms in total. The van der Waals surface area contributed by atoms with E-state index in [0.29, 0.717) is 3.92 Å². The molecule has 0 aliphatic carbocycles. The van der Waals surface area contributed by atoms with Gasteiger partial charge in [-0.25, -0.2) is 0 Å². The molecule has 1 heterocycles. The summed E-state index contributed by atoms with van der Waals surface area (Å²) in [5.74, 6) is 0.223. The number of amides is 1. The van der Waals surface area contributed by atoms with E-state index in [1.54, 1.807) is 6.92 Å². The molecular formula is C7H12INO. The quantitative estimate of drug-likeness (QED) is 0.472. The van der Waals surface area contributed by atoms with Crippen molar-refractivity contribution in [3.8, 4) is 0 Å². The highest BCUT2D eigenvalue weighted by Crippen LogP contribution is 2.16. The molecule has 10 heavy (non-hydrogen) atoms. The Kier molecular flexibility index (Phi) is 2.95. The summed E-state index contributed by atoms with van der Waals surface area (Å²) >= 11 is 2.41. The van der Waals surface area contributed by atoms with Crippen LogP contribution in [0.2, 0.25) is 0 Å². The van der Waals surface area contributed by atoms with Crippen molar-refractivity contribution in [2.75, 3.05) is 13.1 Å². The molecule has 0 N–H and O–H groups in total. The monoisotopic (exact) mass is 253 g/mol. The van der Waals surface area contributed by atoms with Crippen LogP contribution in [-0.2, 0) is 4.79 Å². The lowest BCUT2D eigenvalue weighted by molar-refractivity contribution is -0.129. The van der Waals surface area contributed by atoms with Crippen molar-refractivity contribution in [2.24, 2.45) is 0 Å². The van der Waals surface area contributed by atoms with E-state index in [9.17, 15) is 4.79 Å². The van der Waals surface area contributed by atoms with E-state index < -0.39 is 0 Å². The summed E-state index contributed by atoms with van der Waals surface area (Å²) in [7, 11) is 0. The third-order valence-corrected chi connectivity index (χ3v) is 2.83. The molecule has 3 heteroatoms. The van der Waals surface area contributed by atoms with Crippen LogP contribution in [0.4, 0.5) is 0 Å². The number of alkyl halides is 1. The minimum absolute atomic E-state index is 0.223. The lowest BCUT2D eigenvalue weighted by Crippen LogP contribution is -2.38. The van der Waals surface area contributed by atoms with E-state index in [4.69, 9.17) is 0 Å². The second-order valence-corrected chi connectivity index (χ2v) is 4.47. The molecule has 0 aromatic rings. The Labute approximate surface area is 75.1 Å². The smallest absolute Gasteiger partial charge is 0.219 e. The molecule has 0 saturated carbocycles. The zero-order valence-corrected chi connectivity index (χ0v) is 8.30. The minimum Gasteiger partial charge on any atom is -0.342 e. The number of hydrogen-bond donors (Lipinski definition) is 0. The predicted molar refractivity (Wildman–Crippen MR) is 49.3 cm³/mol. The van der Waals surface area contributed by atoms with Crippen molar-refractivity contribution in [2.45, 2.75) is 23.7 Å². The van der Waals surface area contributed by atoms with E-state index in [2.05, 4.69) is 22.6 Å². The van der Waals surface area contributed by atoms with E-state index in [1.807, 2.05) is 4.90 Å². The van der Waals surface area contributed by atoms with Crippen LogP contribution in [0.5, 0.6) is 0 Å². The summed E-state index contributed by atoms with van der Waals surface area (Å²) in [5.41, 5.74) is 0. The summed E-state index contributed by atoms with van der Waals surface area (Å²) in [6.45, 7) is 3.57. The van der Waals surface area contributed by atoms with Crippen molar-refractivity contribution >= 4 is 28.5 Å². The number of halogens is 1. The molecule has 0 radical (unpaired) electrons. The average Bonchev–Trinajstić information content (AvgIpc) is 1.88. The maximum absolute atomic E-state index is 10.9. The number of hydrogen-bond acceptors (Lipinski definition) is 1. The number of carbonyl (C=O) groups is 1. The number of nitrogens with zero attached hydrogens (tertiary/aromatic N) is 1. The van der Waals surface area contributed by atoms with Crippen LogP contribution in [0, 0.1) is 0 Å². The molecule has 1 rings (SSSR count). The molecular weight excluding hydrogens is 241 g/mol. The van der Waals surface area contributed by atoms with E-state index >= 15 is 0 Å². The number of carbonyl (C=O) groups excluding carboxylic acids is 1. The lowest BCUT2D eigenvalue weighted by atomic mass is 10.1. The van der Waals surface area contributed by atoms with Crippen LogP contribution in [0.25, 0.3) is 0 Å². The molecule has 0 aromatic carbocycles. The van der Waals surface area contributed by atoms with Crippen LogP contribution < -0.4 is 0 Å². The molecule has 0 bridgehead atoms. The summed E-state index contributed by atoms with van der Waals surface area (Å²) < 4.78 is 0.676. The first-order chi connectivity index (χ1) is 4.70. The Balaban J connectivity index is 2.39. The van der Waals surface area contributed by atoms with Crippen molar-refractivity contribution in [3.05, 3.63) is 0 Å². The highest BCUT2D eigenvalue weighted by Gasteiger charge is 2.18. The minimum atomic E-state index is 0.223. The van der Waals surface area contributed by atoms with Gasteiger partial charge in [-0.15, -0.1) is 0 Å². The average molecular weight is 253 g/mol. The van der Waals surface area contributed by atoms with Crippen molar-refractivity contribution < 1.29 is 4.79 Å². The third-order valence-electron chi connectivity index (χ3n) is 1.81. The van der Waals surface area contributed by atoms with Gasteiger partial charge in [0.25, 0.3) is 0 Å². The van der Waals surface area contributed by atoms with Gasteiger partial charge in [0.05, 0.1) is 0 Å². The number of rotatable bonds is 0. The predicted octanol–water partition coefficient (Wildman–Crippen LogP) is 1.43. The van der Waals surface area contributed by atoms with Crippen LogP contribution in [0.3, 0.4) is 0 Å². The Morgan fingerprint density at radius 3 is 2.80 bits per heavy atom. The SMILES string of the molecule is CC(=O)N1CCC[C@H](I)C1. The Morgan fingerprint density at radius 2 is 2.40 bits per heavy atom. The highest BCUT2D eigenvalue weighted by atomic mass is 127. The molecule has 1 amide bonds. The largest absolute Gasteiger partial charge is 0.342 e. The number of piperidine rings is 1. The fourth-order valence-electron chi connectivity index (χ4n) is 1.21. The van der Waals surface area contributed by atoms with Gasteiger partial charge in [-0.2, -0.15) is 0 Å². The highest BCUT2D eigenvalue weighted by molar-refractivity contribution is 14.1. The molecule has 58 valence electrons.